The van der Waals surface area contributed by atoms with Crippen molar-refractivity contribution in [3.63, 3.8) is 0 Å². The van der Waals surface area contributed by atoms with Crippen LogP contribution in [0.5, 0.6) is 5.75 Å². The van der Waals surface area contributed by atoms with Crippen LogP contribution >= 0.6 is 0 Å². The molecule has 0 unspecified atom stereocenters. The Morgan fingerprint density at radius 2 is 1.70 bits per heavy atom. The zero-order valence-electron chi connectivity index (χ0n) is 15.2. The van der Waals surface area contributed by atoms with Gasteiger partial charge < -0.3 is 19.5 Å². The van der Waals surface area contributed by atoms with Crippen molar-refractivity contribution >= 4 is 17.0 Å². The molecule has 5 heteroatoms. The van der Waals surface area contributed by atoms with Crippen molar-refractivity contribution in [1.82, 2.24) is 14.8 Å². The lowest BCUT2D eigenvalue weighted by molar-refractivity contribution is 0.131. The van der Waals surface area contributed by atoms with Gasteiger partial charge in [0.2, 0.25) is 0 Å². The molecule has 1 amide bonds. The minimum atomic E-state index is -0.217. The Bertz CT molecular complexity index is 955. The average molecular weight is 361 g/mol. The van der Waals surface area contributed by atoms with Gasteiger partial charge >= 0.3 is 6.09 Å². The molecular weight excluding hydrogens is 338 g/mol. The summed E-state index contributed by atoms with van der Waals surface area (Å²) in [5.74, 6) is 0.602. The number of fused-ring (bicyclic) bond motifs is 5. The van der Waals surface area contributed by atoms with Crippen LogP contribution in [0.2, 0.25) is 0 Å². The quantitative estimate of drug-likeness (QED) is 0.747. The van der Waals surface area contributed by atoms with Gasteiger partial charge in [-0.05, 0) is 59.7 Å². The van der Waals surface area contributed by atoms with E-state index in [1.165, 1.54) is 5.39 Å². The number of benzene rings is 2. The van der Waals surface area contributed by atoms with Crippen molar-refractivity contribution in [2.45, 2.75) is 18.9 Å². The van der Waals surface area contributed by atoms with Crippen LogP contribution < -0.4 is 4.74 Å². The Morgan fingerprint density at radius 1 is 0.926 bits per heavy atom. The summed E-state index contributed by atoms with van der Waals surface area (Å²) in [7, 11) is 0. The van der Waals surface area contributed by atoms with Gasteiger partial charge in [-0.2, -0.15) is 0 Å². The molecule has 3 aromatic rings. The highest BCUT2D eigenvalue weighted by Crippen LogP contribution is 2.27. The van der Waals surface area contributed by atoms with Gasteiger partial charge in [-0.15, -0.1) is 0 Å². The Labute approximate surface area is 158 Å². The normalized spacial score (nSPS) is 22.0. The van der Waals surface area contributed by atoms with E-state index < -0.39 is 0 Å². The maximum atomic E-state index is 12.7. The third-order valence-electron chi connectivity index (χ3n) is 5.84. The number of carbonyl (C=O) groups is 1. The minimum absolute atomic E-state index is 0.217. The molecule has 3 fully saturated rings. The molecule has 1 aromatic heterocycles. The second kappa shape index (κ2) is 6.74. The van der Waals surface area contributed by atoms with Gasteiger partial charge in [0.15, 0.2) is 0 Å². The van der Waals surface area contributed by atoms with Gasteiger partial charge in [-0.1, -0.05) is 18.2 Å². The van der Waals surface area contributed by atoms with E-state index in [4.69, 9.17) is 4.74 Å². The second-order valence-corrected chi connectivity index (χ2v) is 7.44. The molecule has 0 saturated carbocycles. The fraction of sp³-hybridized carbons (Fsp3) is 0.318. The first-order valence-corrected chi connectivity index (χ1v) is 9.65. The highest BCUT2D eigenvalue weighted by atomic mass is 16.6. The molecular formula is C22H23N3O2. The number of nitrogens with one attached hydrogen (secondary N) is 1. The third kappa shape index (κ3) is 3.19. The van der Waals surface area contributed by atoms with Gasteiger partial charge in [-0.3, -0.25) is 0 Å². The van der Waals surface area contributed by atoms with Crippen LogP contribution in [0.1, 0.15) is 12.8 Å². The van der Waals surface area contributed by atoms with E-state index in [1.54, 1.807) is 0 Å². The van der Waals surface area contributed by atoms with E-state index in [0.29, 0.717) is 11.8 Å². The van der Waals surface area contributed by atoms with Crippen LogP contribution in [0.15, 0.2) is 54.7 Å². The molecule has 3 aliphatic rings. The maximum Gasteiger partial charge on any atom is 0.415 e. The van der Waals surface area contributed by atoms with Gasteiger partial charge in [0.1, 0.15) is 5.75 Å². The van der Waals surface area contributed by atoms with Crippen molar-refractivity contribution in [1.29, 1.82) is 0 Å². The van der Waals surface area contributed by atoms with E-state index >= 15 is 0 Å². The van der Waals surface area contributed by atoms with Gasteiger partial charge in [0, 0.05) is 43.9 Å². The van der Waals surface area contributed by atoms with E-state index in [-0.39, 0.29) is 6.09 Å². The Morgan fingerprint density at radius 3 is 2.52 bits per heavy atom. The third-order valence-corrected chi connectivity index (χ3v) is 5.84. The van der Waals surface area contributed by atoms with Crippen LogP contribution in [0.25, 0.3) is 22.0 Å². The molecule has 3 saturated heterocycles. The van der Waals surface area contributed by atoms with Crippen LogP contribution in [0, 0.1) is 0 Å². The fourth-order valence-electron chi connectivity index (χ4n) is 4.23. The number of ether oxygens (including phenoxy) is 1. The number of carbonyl (C=O) groups excluding carboxylic acids is 1. The Kier molecular flexibility index (Phi) is 4.09. The molecule has 2 aromatic carbocycles. The highest BCUT2D eigenvalue weighted by molar-refractivity contribution is 5.85. The standard InChI is InChI=1S/C22H23N3O2/c26-22(25-14-13-24-11-8-19(25)9-12-24)27-20-4-1-16(2-5-20)17-3-6-21-18(15-17)7-10-23-21/h1-7,10,15,19,23H,8-9,11-14H2. The topological polar surface area (TPSA) is 48.6 Å². The molecule has 27 heavy (non-hydrogen) atoms. The SMILES string of the molecule is O=C(Oc1ccc(-c2ccc3[nH]ccc3c2)cc1)N1CCN2CCC1CC2. The molecule has 3 aliphatic heterocycles. The number of hydrogen-bond donors (Lipinski definition) is 1. The predicted molar refractivity (Wildman–Crippen MR) is 106 cm³/mol. The summed E-state index contributed by atoms with van der Waals surface area (Å²) < 4.78 is 5.67. The molecule has 5 nitrogen and oxygen atoms in total. The van der Waals surface area contributed by atoms with Gasteiger partial charge in [0.05, 0.1) is 0 Å². The predicted octanol–water partition coefficient (Wildman–Crippen LogP) is 4.11. The number of amides is 1. The summed E-state index contributed by atoms with van der Waals surface area (Å²) in [5, 5.41) is 1.19. The lowest BCUT2D eigenvalue weighted by atomic mass is 10.0. The first-order chi connectivity index (χ1) is 13.3. The van der Waals surface area contributed by atoms with Crippen LogP contribution in [0.3, 0.4) is 0 Å². The molecule has 2 bridgehead atoms. The summed E-state index contributed by atoms with van der Waals surface area (Å²) in [4.78, 5) is 20.2. The fourth-order valence-corrected chi connectivity index (χ4v) is 4.23. The Balaban J connectivity index is 1.30. The summed E-state index contributed by atoms with van der Waals surface area (Å²) in [6, 6.07) is 16.5. The smallest absolute Gasteiger partial charge is 0.410 e. The molecule has 0 aliphatic carbocycles. The lowest BCUT2D eigenvalue weighted by Crippen LogP contribution is -2.43. The molecule has 0 radical (unpaired) electrons. The van der Waals surface area contributed by atoms with Crippen LogP contribution in [-0.2, 0) is 0 Å². The zero-order valence-corrected chi connectivity index (χ0v) is 15.2. The van der Waals surface area contributed by atoms with Gasteiger partial charge in [-0.25, -0.2) is 4.79 Å². The average Bonchev–Trinajstić information content (AvgIpc) is 2.97. The largest absolute Gasteiger partial charge is 0.415 e. The van der Waals surface area contributed by atoms with Crippen LogP contribution in [-0.4, -0.2) is 53.1 Å². The first kappa shape index (κ1) is 16.4. The molecule has 138 valence electrons. The lowest BCUT2D eigenvalue weighted by Gasteiger charge is -2.30. The van der Waals surface area contributed by atoms with Crippen molar-refractivity contribution in [2.75, 3.05) is 26.2 Å². The Hall–Kier alpha value is -2.79. The molecule has 0 atom stereocenters. The van der Waals surface area contributed by atoms with Gasteiger partial charge in [0.25, 0.3) is 0 Å². The van der Waals surface area contributed by atoms with Crippen LogP contribution in [0.4, 0.5) is 4.79 Å². The number of nitrogens with zero attached hydrogens (tertiary/aromatic N) is 2. The van der Waals surface area contributed by atoms with E-state index in [2.05, 4.69) is 34.1 Å². The summed E-state index contributed by atoms with van der Waals surface area (Å²) >= 11 is 0. The number of aromatic amines is 1. The first-order valence-electron chi connectivity index (χ1n) is 9.65. The second-order valence-electron chi connectivity index (χ2n) is 7.44. The summed E-state index contributed by atoms with van der Waals surface area (Å²) in [6.45, 7) is 3.90. The maximum absolute atomic E-state index is 12.7. The summed E-state index contributed by atoms with van der Waals surface area (Å²) in [6.07, 6.45) is 3.83. The number of H-pyrrole nitrogens is 1. The van der Waals surface area contributed by atoms with Crippen molar-refractivity contribution in [3.05, 3.63) is 54.7 Å². The number of aromatic nitrogens is 1. The molecule has 0 spiro atoms. The zero-order chi connectivity index (χ0) is 18.2. The summed E-state index contributed by atoms with van der Waals surface area (Å²) in [5.41, 5.74) is 3.39. The number of rotatable bonds is 2. The monoisotopic (exact) mass is 361 g/mol. The molecule has 4 heterocycles. The van der Waals surface area contributed by atoms with Crippen molar-refractivity contribution < 1.29 is 9.53 Å². The number of hydrogen-bond acceptors (Lipinski definition) is 3. The molecule has 1 N–H and O–H groups in total. The minimum Gasteiger partial charge on any atom is -0.410 e. The van der Waals surface area contributed by atoms with Crippen molar-refractivity contribution in [3.8, 4) is 16.9 Å². The highest BCUT2D eigenvalue weighted by Gasteiger charge is 2.32. The van der Waals surface area contributed by atoms with E-state index in [1.807, 2.05) is 35.4 Å². The number of piperidine rings is 1. The van der Waals surface area contributed by atoms with E-state index in [9.17, 15) is 4.79 Å². The molecule has 6 rings (SSSR count). The van der Waals surface area contributed by atoms with Crippen molar-refractivity contribution in [2.24, 2.45) is 0 Å². The van der Waals surface area contributed by atoms with E-state index in [0.717, 1.165) is 55.7 Å².